The summed E-state index contributed by atoms with van der Waals surface area (Å²) in [4.78, 5) is 25.2. The number of rotatable bonds is 8. The van der Waals surface area contributed by atoms with Gasteiger partial charge in [0.25, 0.3) is 5.69 Å². The molecule has 0 atom stereocenters. The Morgan fingerprint density at radius 1 is 1.42 bits per heavy atom. The topological polar surface area (TPSA) is 116 Å². The molecule has 136 valence electrons. The number of hydrogen-bond donors (Lipinski definition) is 1. The maximum atomic E-state index is 11.3. The Morgan fingerprint density at radius 2 is 2.23 bits per heavy atom. The zero-order valence-electron chi connectivity index (χ0n) is 13.7. The fraction of sp³-hybridized carbons (Fsp3) is 0.188. The van der Waals surface area contributed by atoms with Gasteiger partial charge in [0.05, 0.1) is 22.2 Å². The van der Waals surface area contributed by atoms with E-state index >= 15 is 0 Å². The molecule has 0 aliphatic rings. The molecule has 0 aliphatic carbocycles. The Morgan fingerprint density at radius 3 is 2.85 bits per heavy atom. The number of esters is 1. The highest BCUT2D eigenvalue weighted by atomic mass is 79.9. The molecular formula is C16H15BrN4O5. The lowest BCUT2D eigenvalue weighted by molar-refractivity contribution is -0.385. The summed E-state index contributed by atoms with van der Waals surface area (Å²) < 4.78 is 10.8. The van der Waals surface area contributed by atoms with Crippen molar-refractivity contribution in [3.63, 3.8) is 0 Å². The molecule has 0 saturated heterocycles. The van der Waals surface area contributed by atoms with Crippen LogP contribution in [0, 0.1) is 10.1 Å². The van der Waals surface area contributed by atoms with Gasteiger partial charge in [-0.1, -0.05) is 0 Å². The third-order valence-electron chi connectivity index (χ3n) is 2.96. The molecule has 0 unspecified atom stereocenters. The Hall–Kier alpha value is -3.01. The Bertz CT molecular complexity index is 811. The summed E-state index contributed by atoms with van der Waals surface area (Å²) in [6, 6.07) is 7.98. The smallest absolute Gasteiger partial charge is 0.344 e. The molecule has 9 nitrogen and oxygen atoms in total. The van der Waals surface area contributed by atoms with Gasteiger partial charge in [0.15, 0.2) is 6.61 Å². The molecule has 0 bridgehead atoms. The summed E-state index contributed by atoms with van der Waals surface area (Å²) in [5, 5.41) is 14.6. The number of pyridine rings is 1. The van der Waals surface area contributed by atoms with Gasteiger partial charge in [-0.25, -0.2) is 9.78 Å². The Labute approximate surface area is 157 Å². The second-order valence-electron chi connectivity index (χ2n) is 4.81. The van der Waals surface area contributed by atoms with Crippen LogP contribution in [-0.2, 0) is 9.53 Å². The molecule has 26 heavy (non-hydrogen) atoms. The van der Waals surface area contributed by atoms with Crippen LogP contribution in [0.4, 0.5) is 11.5 Å². The molecule has 0 amide bonds. The van der Waals surface area contributed by atoms with Crippen LogP contribution in [-0.4, -0.2) is 35.3 Å². The minimum absolute atomic E-state index is 0.0955. The second kappa shape index (κ2) is 9.47. The number of nitro groups is 1. The molecule has 1 heterocycles. The predicted octanol–water partition coefficient (Wildman–Crippen LogP) is 3.14. The fourth-order valence-electron chi connectivity index (χ4n) is 1.79. The summed E-state index contributed by atoms with van der Waals surface area (Å²) in [6.07, 6.45) is 2.69. The maximum Gasteiger partial charge on any atom is 0.344 e. The van der Waals surface area contributed by atoms with Gasteiger partial charge in [-0.3, -0.25) is 15.5 Å². The molecular weight excluding hydrogens is 408 g/mol. The highest BCUT2D eigenvalue weighted by Crippen LogP contribution is 2.25. The lowest BCUT2D eigenvalue weighted by Crippen LogP contribution is -2.14. The molecule has 2 rings (SSSR count). The minimum Gasteiger partial charge on any atom is -0.481 e. The van der Waals surface area contributed by atoms with Crippen LogP contribution in [0.3, 0.4) is 0 Å². The Balaban J connectivity index is 1.92. The summed E-state index contributed by atoms with van der Waals surface area (Å²) in [7, 11) is 0. The third-order valence-corrected chi connectivity index (χ3v) is 3.58. The summed E-state index contributed by atoms with van der Waals surface area (Å²) in [5.41, 5.74) is 3.34. The van der Waals surface area contributed by atoms with E-state index in [4.69, 9.17) is 9.47 Å². The number of hydrogen-bond acceptors (Lipinski definition) is 8. The van der Waals surface area contributed by atoms with Gasteiger partial charge in [0.1, 0.15) is 17.8 Å². The first-order chi connectivity index (χ1) is 12.5. The molecule has 2 aromatic rings. The molecule has 0 fully saturated rings. The lowest BCUT2D eigenvalue weighted by Gasteiger charge is -2.08. The number of hydrazone groups is 1. The van der Waals surface area contributed by atoms with Gasteiger partial charge in [-0.15, -0.1) is 0 Å². The maximum absolute atomic E-state index is 11.3. The van der Waals surface area contributed by atoms with E-state index in [1.165, 1.54) is 12.1 Å². The summed E-state index contributed by atoms with van der Waals surface area (Å²) >= 11 is 3.36. The average Bonchev–Trinajstić information content (AvgIpc) is 2.61. The molecule has 0 radical (unpaired) electrons. The van der Waals surface area contributed by atoms with E-state index < -0.39 is 10.9 Å². The van der Waals surface area contributed by atoms with Gasteiger partial charge in [-0.05, 0) is 52.7 Å². The number of carbonyl (C=O) groups is 1. The lowest BCUT2D eigenvalue weighted by atomic mass is 10.2. The van der Waals surface area contributed by atoms with E-state index in [0.717, 1.165) is 11.8 Å². The van der Waals surface area contributed by atoms with Crippen LogP contribution < -0.4 is 10.2 Å². The summed E-state index contributed by atoms with van der Waals surface area (Å²) in [6.45, 7) is 1.85. The van der Waals surface area contributed by atoms with Crippen molar-refractivity contribution in [3.8, 4) is 5.75 Å². The zero-order chi connectivity index (χ0) is 18.9. The monoisotopic (exact) mass is 422 g/mol. The van der Waals surface area contributed by atoms with Gasteiger partial charge in [0, 0.05) is 6.07 Å². The largest absolute Gasteiger partial charge is 0.481 e. The van der Waals surface area contributed by atoms with Gasteiger partial charge in [-0.2, -0.15) is 5.10 Å². The first kappa shape index (κ1) is 19.3. The van der Waals surface area contributed by atoms with E-state index in [0.29, 0.717) is 22.6 Å². The molecule has 1 aromatic heterocycles. The molecule has 1 N–H and O–H groups in total. The van der Waals surface area contributed by atoms with Crippen LogP contribution in [0.1, 0.15) is 12.5 Å². The summed E-state index contributed by atoms with van der Waals surface area (Å²) in [5.74, 6) is 0.436. The Kier molecular flexibility index (Phi) is 7.03. The van der Waals surface area contributed by atoms with Crippen molar-refractivity contribution in [1.82, 2.24) is 4.98 Å². The van der Waals surface area contributed by atoms with Crippen LogP contribution >= 0.6 is 15.9 Å². The minimum atomic E-state index is -0.525. The van der Waals surface area contributed by atoms with Crippen LogP contribution in [0.5, 0.6) is 5.75 Å². The van der Waals surface area contributed by atoms with E-state index in [1.54, 1.807) is 31.3 Å². The second-order valence-corrected chi connectivity index (χ2v) is 5.67. The number of aromatic nitrogens is 1. The number of carbonyl (C=O) groups excluding carboxylic acids is 1. The molecule has 0 spiro atoms. The number of nitrogens with one attached hydrogen (secondary N) is 1. The third kappa shape index (κ3) is 5.81. The van der Waals surface area contributed by atoms with E-state index in [1.807, 2.05) is 0 Å². The van der Waals surface area contributed by atoms with Gasteiger partial charge in [0.2, 0.25) is 0 Å². The standard InChI is InChI=1S/C16H15BrN4O5/c1-2-25-16(22)10-26-14-5-3-11(7-13(14)17)8-19-20-15-6-4-12(9-18-15)21(23)24/h3-9H,2,10H2,1H3,(H,18,20)/b19-8+. The van der Waals surface area contributed by atoms with E-state index in [2.05, 4.69) is 31.4 Å². The van der Waals surface area contributed by atoms with E-state index in [9.17, 15) is 14.9 Å². The van der Waals surface area contributed by atoms with Crippen LogP contribution in [0.2, 0.25) is 0 Å². The quantitative estimate of drug-likeness (QED) is 0.300. The van der Waals surface area contributed by atoms with Gasteiger partial charge < -0.3 is 9.47 Å². The first-order valence-electron chi connectivity index (χ1n) is 7.47. The zero-order valence-corrected chi connectivity index (χ0v) is 15.3. The van der Waals surface area contributed by atoms with Crippen molar-refractivity contribution in [2.45, 2.75) is 6.92 Å². The van der Waals surface area contributed by atoms with Gasteiger partial charge >= 0.3 is 5.97 Å². The molecule has 0 saturated carbocycles. The van der Waals surface area contributed by atoms with Crippen molar-refractivity contribution in [3.05, 3.63) is 56.7 Å². The molecule has 1 aromatic carbocycles. The van der Waals surface area contributed by atoms with E-state index in [-0.39, 0.29) is 12.3 Å². The van der Waals surface area contributed by atoms with Crippen molar-refractivity contribution >= 4 is 39.6 Å². The predicted molar refractivity (Wildman–Crippen MR) is 98.4 cm³/mol. The van der Waals surface area contributed by atoms with Crippen molar-refractivity contribution < 1.29 is 19.2 Å². The number of benzene rings is 1. The normalized spacial score (nSPS) is 10.5. The molecule has 10 heteroatoms. The highest BCUT2D eigenvalue weighted by molar-refractivity contribution is 9.10. The first-order valence-corrected chi connectivity index (χ1v) is 8.26. The molecule has 0 aliphatic heterocycles. The highest BCUT2D eigenvalue weighted by Gasteiger charge is 2.07. The van der Waals surface area contributed by atoms with Crippen molar-refractivity contribution in [2.75, 3.05) is 18.6 Å². The fourth-order valence-corrected chi connectivity index (χ4v) is 2.30. The number of nitrogens with zero attached hydrogens (tertiary/aromatic N) is 3. The van der Waals surface area contributed by atoms with Crippen molar-refractivity contribution in [1.29, 1.82) is 0 Å². The average molecular weight is 423 g/mol. The van der Waals surface area contributed by atoms with Crippen LogP contribution in [0.25, 0.3) is 0 Å². The SMILES string of the molecule is CCOC(=O)COc1ccc(/C=N/Nc2ccc([N+](=O)[O-])cn2)cc1Br. The number of halogens is 1. The number of ether oxygens (including phenoxy) is 2. The number of anilines is 1. The van der Waals surface area contributed by atoms with Crippen LogP contribution in [0.15, 0.2) is 46.1 Å². The van der Waals surface area contributed by atoms with Crippen molar-refractivity contribution in [2.24, 2.45) is 5.10 Å².